The summed E-state index contributed by atoms with van der Waals surface area (Å²) in [6, 6.07) is 13.9. The number of aromatic nitrogens is 2. The molecule has 1 N–H and O–H groups in total. The van der Waals surface area contributed by atoms with E-state index >= 15 is 0 Å². The lowest BCUT2D eigenvalue weighted by atomic mass is 9.80. The molecule has 0 saturated carbocycles. The van der Waals surface area contributed by atoms with Crippen LogP contribution < -0.4 is 4.74 Å². The summed E-state index contributed by atoms with van der Waals surface area (Å²) in [6.45, 7) is 4.89. The van der Waals surface area contributed by atoms with E-state index in [9.17, 15) is 15.2 Å². The maximum Gasteiger partial charge on any atom is 0.223 e. The summed E-state index contributed by atoms with van der Waals surface area (Å²) in [6.07, 6.45) is 5.79. The molecule has 0 bridgehead atoms. The van der Waals surface area contributed by atoms with E-state index in [2.05, 4.69) is 23.2 Å². The molecule has 1 aromatic heterocycles. The van der Waals surface area contributed by atoms with Gasteiger partial charge >= 0.3 is 0 Å². The molecular weight excluding hydrogens is 440 g/mol. The van der Waals surface area contributed by atoms with Gasteiger partial charge in [0.15, 0.2) is 0 Å². The molecule has 3 aromatic rings. The van der Waals surface area contributed by atoms with Crippen molar-refractivity contribution in [3.63, 3.8) is 0 Å². The number of ether oxygens (including phenoxy) is 1. The largest absolute Gasteiger partial charge is 0.490 e. The Morgan fingerprint density at radius 3 is 2.71 bits per heavy atom. The zero-order valence-corrected chi connectivity index (χ0v) is 20.0. The molecule has 1 amide bonds. The third kappa shape index (κ3) is 4.15. The van der Waals surface area contributed by atoms with Crippen molar-refractivity contribution in [2.24, 2.45) is 0 Å². The van der Waals surface area contributed by atoms with E-state index in [0.717, 1.165) is 29.7 Å². The first-order valence-electron chi connectivity index (χ1n) is 12.0. The Hall–Kier alpha value is -3.76. The van der Waals surface area contributed by atoms with E-state index < -0.39 is 0 Å². The third-order valence-corrected chi connectivity index (χ3v) is 6.99. The smallest absolute Gasteiger partial charge is 0.223 e. The van der Waals surface area contributed by atoms with Gasteiger partial charge in [-0.1, -0.05) is 18.2 Å². The Morgan fingerprint density at radius 1 is 1.20 bits per heavy atom. The highest BCUT2D eigenvalue weighted by Gasteiger charge is 2.48. The molecule has 1 atom stereocenters. The predicted octanol–water partition coefficient (Wildman–Crippen LogP) is 3.88. The van der Waals surface area contributed by atoms with Gasteiger partial charge in [0.25, 0.3) is 0 Å². The summed E-state index contributed by atoms with van der Waals surface area (Å²) in [4.78, 5) is 23.7. The van der Waals surface area contributed by atoms with Crippen LogP contribution in [0.25, 0.3) is 22.5 Å². The first-order chi connectivity index (χ1) is 16.9. The molecule has 7 nitrogen and oxygen atoms in total. The van der Waals surface area contributed by atoms with Crippen LogP contribution in [0.1, 0.15) is 43.4 Å². The normalized spacial score (nSPS) is 18.8. The number of carbonyl (C=O) groups excluding carboxylic acids is 1. The van der Waals surface area contributed by atoms with Gasteiger partial charge in [0.1, 0.15) is 11.8 Å². The topological polar surface area (TPSA) is 99.3 Å². The van der Waals surface area contributed by atoms with Gasteiger partial charge in [0.2, 0.25) is 5.91 Å². The van der Waals surface area contributed by atoms with E-state index in [1.807, 2.05) is 26.0 Å². The van der Waals surface area contributed by atoms with Crippen molar-refractivity contribution in [2.75, 3.05) is 19.7 Å². The van der Waals surface area contributed by atoms with Crippen LogP contribution in [0.15, 0.2) is 48.8 Å². The van der Waals surface area contributed by atoms with Crippen LogP contribution in [0, 0.1) is 11.3 Å². The standard InChI is InChI=1S/C28H28N4O3/c1-18(2)35-26-7-6-19(12-20(26)14-29)24-15-31-25(16-30-24)22-4-3-5-23-21(22)8-9-28(23)13-27(34)32(17-28)10-11-33/h3-7,12,15-16,18,33H,8-11,13,17H2,1-2H3/t28-/m0/s1. The number of nitrogens with zero attached hydrogens (tertiary/aromatic N) is 4. The Labute approximate surface area is 205 Å². The van der Waals surface area contributed by atoms with Gasteiger partial charge in [-0.15, -0.1) is 0 Å². The quantitative estimate of drug-likeness (QED) is 0.589. The molecule has 0 unspecified atom stereocenters. The number of likely N-dealkylation sites (tertiary alicyclic amines) is 1. The lowest BCUT2D eigenvalue weighted by molar-refractivity contribution is -0.128. The summed E-state index contributed by atoms with van der Waals surface area (Å²) in [5.74, 6) is 0.676. The number of nitriles is 1. The molecule has 2 aliphatic rings. The molecule has 1 spiro atoms. The Kier molecular flexibility index (Phi) is 6.00. The van der Waals surface area contributed by atoms with Crippen LogP contribution in [0.3, 0.4) is 0 Å². The number of β-amino-alcohol motifs (C(OH)–C–C–N with tert-alkyl or cyclic N) is 1. The van der Waals surface area contributed by atoms with E-state index in [-0.39, 0.29) is 24.0 Å². The molecule has 35 heavy (non-hydrogen) atoms. The van der Waals surface area contributed by atoms with Crippen molar-refractivity contribution in [2.45, 2.75) is 44.6 Å². The molecule has 2 heterocycles. The van der Waals surface area contributed by atoms with Gasteiger partial charge in [0, 0.05) is 36.1 Å². The van der Waals surface area contributed by atoms with E-state index in [1.54, 1.807) is 29.4 Å². The number of aliphatic hydroxyl groups is 1. The lowest BCUT2D eigenvalue weighted by Crippen LogP contribution is -2.32. The molecule has 1 aliphatic carbocycles. The molecule has 0 radical (unpaired) electrons. The molecule has 178 valence electrons. The number of benzene rings is 2. The van der Waals surface area contributed by atoms with E-state index in [0.29, 0.717) is 36.5 Å². The maximum absolute atomic E-state index is 12.5. The average molecular weight is 469 g/mol. The Bertz CT molecular complexity index is 1310. The second-order valence-electron chi connectivity index (χ2n) is 9.60. The van der Waals surface area contributed by atoms with Crippen LogP contribution in [-0.4, -0.2) is 51.7 Å². The number of hydrogen-bond donors (Lipinski definition) is 1. The Morgan fingerprint density at radius 2 is 2.00 bits per heavy atom. The van der Waals surface area contributed by atoms with Gasteiger partial charge in [0.05, 0.1) is 42.1 Å². The average Bonchev–Trinajstić information content (AvgIpc) is 3.38. The van der Waals surface area contributed by atoms with E-state index in [1.165, 1.54) is 11.1 Å². The molecule has 1 fully saturated rings. The molecule has 1 saturated heterocycles. The van der Waals surface area contributed by atoms with Crippen molar-refractivity contribution < 1.29 is 14.6 Å². The number of aliphatic hydroxyl groups excluding tert-OH is 1. The molecule has 5 rings (SSSR count). The number of amides is 1. The summed E-state index contributed by atoms with van der Waals surface area (Å²) in [5.41, 5.74) is 6.07. The highest BCUT2D eigenvalue weighted by Crippen LogP contribution is 2.48. The zero-order valence-electron chi connectivity index (χ0n) is 20.0. The summed E-state index contributed by atoms with van der Waals surface area (Å²) in [5, 5.41) is 18.8. The molecule has 2 aromatic carbocycles. The van der Waals surface area contributed by atoms with Crippen LogP contribution >= 0.6 is 0 Å². The van der Waals surface area contributed by atoms with Crippen molar-refractivity contribution >= 4 is 5.91 Å². The highest BCUT2D eigenvalue weighted by molar-refractivity contribution is 5.82. The van der Waals surface area contributed by atoms with Crippen molar-refractivity contribution in [3.8, 4) is 34.3 Å². The van der Waals surface area contributed by atoms with Gasteiger partial charge in [-0.25, -0.2) is 0 Å². The first-order valence-corrected chi connectivity index (χ1v) is 12.0. The van der Waals surface area contributed by atoms with Crippen LogP contribution in [0.2, 0.25) is 0 Å². The predicted molar refractivity (Wildman–Crippen MR) is 132 cm³/mol. The van der Waals surface area contributed by atoms with Gasteiger partial charge in [-0.05, 0) is 56.0 Å². The fourth-order valence-electron chi connectivity index (χ4n) is 5.42. The van der Waals surface area contributed by atoms with Crippen molar-refractivity contribution in [1.82, 2.24) is 14.9 Å². The fourth-order valence-corrected chi connectivity index (χ4v) is 5.42. The van der Waals surface area contributed by atoms with Crippen LogP contribution in [-0.2, 0) is 16.6 Å². The number of hydrogen-bond acceptors (Lipinski definition) is 6. The minimum absolute atomic E-state index is 0.0139. The van der Waals surface area contributed by atoms with Gasteiger partial charge < -0.3 is 14.7 Å². The second-order valence-corrected chi connectivity index (χ2v) is 9.60. The Balaban J connectivity index is 1.43. The highest BCUT2D eigenvalue weighted by atomic mass is 16.5. The number of carbonyl (C=O) groups is 1. The van der Waals surface area contributed by atoms with Crippen molar-refractivity contribution in [3.05, 3.63) is 65.5 Å². The van der Waals surface area contributed by atoms with E-state index in [4.69, 9.17) is 9.72 Å². The lowest BCUT2D eigenvalue weighted by Gasteiger charge is -2.25. The third-order valence-electron chi connectivity index (χ3n) is 6.99. The summed E-state index contributed by atoms with van der Waals surface area (Å²) in [7, 11) is 0. The number of rotatable bonds is 6. The first kappa shape index (κ1) is 23.0. The summed E-state index contributed by atoms with van der Waals surface area (Å²) >= 11 is 0. The number of fused-ring (bicyclic) bond motifs is 2. The maximum atomic E-state index is 12.5. The SMILES string of the molecule is CC(C)Oc1ccc(-c2cnc(-c3cccc4c3CC[C@@]43CC(=O)N(CCO)C3)cn2)cc1C#N. The second kappa shape index (κ2) is 9.12. The minimum atomic E-state index is -0.182. The van der Waals surface area contributed by atoms with Crippen LogP contribution in [0.4, 0.5) is 0 Å². The zero-order chi connectivity index (χ0) is 24.6. The summed E-state index contributed by atoms with van der Waals surface area (Å²) < 4.78 is 5.72. The van der Waals surface area contributed by atoms with Gasteiger partial charge in [-0.2, -0.15) is 5.26 Å². The minimum Gasteiger partial charge on any atom is -0.490 e. The van der Waals surface area contributed by atoms with Crippen molar-refractivity contribution in [1.29, 1.82) is 5.26 Å². The molecule has 7 heteroatoms. The fraction of sp³-hybridized carbons (Fsp3) is 0.357. The molecule has 1 aliphatic heterocycles. The van der Waals surface area contributed by atoms with Crippen LogP contribution in [0.5, 0.6) is 5.75 Å². The molecular formula is C28H28N4O3. The van der Waals surface area contributed by atoms with Gasteiger partial charge in [-0.3, -0.25) is 14.8 Å². The monoisotopic (exact) mass is 468 g/mol.